The van der Waals surface area contributed by atoms with Crippen molar-refractivity contribution in [3.05, 3.63) is 65.9 Å². The van der Waals surface area contributed by atoms with Gasteiger partial charge in [-0.1, -0.05) is 12.1 Å². The molecule has 0 fully saturated rings. The van der Waals surface area contributed by atoms with Crippen LogP contribution in [0.25, 0.3) is 16.7 Å². The maximum absolute atomic E-state index is 14.1. The van der Waals surface area contributed by atoms with E-state index in [9.17, 15) is 9.18 Å². The summed E-state index contributed by atoms with van der Waals surface area (Å²) in [5.41, 5.74) is 3.57. The molecule has 7 heteroatoms. The Hall–Kier alpha value is -3.35. The first kappa shape index (κ1) is 16.1. The van der Waals surface area contributed by atoms with E-state index in [1.807, 2.05) is 13.8 Å². The van der Waals surface area contributed by atoms with Crippen LogP contribution in [0, 0.1) is 12.7 Å². The fraction of sp³-hybridized carbons (Fsp3) is 0.158. The van der Waals surface area contributed by atoms with E-state index >= 15 is 0 Å². The number of nitrogens with zero attached hydrogens (tertiary/aromatic N) is 5. The first-order valence-electron chi connectivity index (χ1n) is 8.26. The van der Waals surface area contributed by atoms with E-state index in [-0.39, 0.29) is 11.6 Å². The number of amides is 1. The second kappa shape index (κ2) is 6.18. The van der Waals surface area contributed by atoms with Crippen molar-refractivity contribution in [2.24, 2.45) is 0 Å². The lowest BCUT2D eigenvalue weighted by Crippen LogP contribution is -2.31. The van der Waals surface area contributed by atoms with Crippen LogP contribution in [-0.2, 0) is 0 Å². The van der Waals surface area contributed by atoms with Crippen LogP contribution in [0.2, 0.25) is 0 Å². The highest BCUT2D eigenvalue weighted by molar-refractivity contribution is 6.07. The van der Waals surface area contributed by atoms with Gasteiger partial charge in [-0.2, -0.15) is 0 Å². The molecule has 0 aliphatic heterocycles. The van der Waals surface area contributed by atoms with Gasteiger partial charge in [-0.25, -0.2) is 9.37 Å². The van der Waals surface area contributed by atoms with Gasteiger partial charge in [0.15, 0.2) is 5.65 Å². The van der Waals surface area contributed by atoms with Gasteiger partial charge in [-0.05, 0) is 44.2 Å². The van der Waals surface area contributed by atoms with E-state index in [4.69, 9.17) is 0 Å². The summed E-state index contributed by atoms with van der Waals surface area (Å²) in [4.78, 5) is 18.9. The molecule has 0 aliphatic rings. The lowest BCUT2D eigenvalue weighted by atomic mass is 10.1. The van der Waals surface area contributed by atoms with Crippen molar-refractivity contribution in [1.82, 2.24) is 19.6 Å². The molecular weight excluding hydrogens is 333 g/mol. The summed E-state index contributed by atoms with van der Waals surface area (Å²) >= 11 is 0. The molecule has 0 aliphatic carbocycles. The Bertz CT molecular complexity index is 1140. The maximum Gasteiger partial charge on any atom is 0.258 e. The van der Waals surface area contributed by atoms with Crippen molar-refractivity contribution in [1.29, 1.82) is 0 Å². The monoisotopic (exact) mass is 349 g/mol. The van der Waals surface area contributed by atoms with Gasteiger partial charge < -0.3 is 4.90 Å². The molecule has 0 saturated carbocycles. The number of halogens is 1. The Labute approximate surface area is 148 Å². The van der Waals surface area contributed by atoms with E-state index in [0.717, 1.165) is 16.7 Å². The molecule has 0 spiro atoms. The average Bonchev–Trinajstić information content (AvgIpc) is 3.14. The number of benzene rings is 2. The molecule has 0 bridgehead atoms. The molecule has 2 aromatic carbocycles. The topological polar surface area (TPSA) is 63.4 Å². The fourth-order valence-corrected chi connectivity index (χ4v) is 3.08. The molecule has 2 aromatic heterocycles. The zero-order valence-corrected chi connectivity index (χ0v) is 14.3. The highest BCUT2D eigenvalue weighted by atomic mass is 19.1. The Morgan fingerprint density at radius 2 is 2.04 bits per heavy atom. The van der Waals surface area contributed by atoms with Crippen LogP contribution in [0.3, 0.4) is 0 Å². The summed E-state index contributed by atoms with van der Waals surface area (Å²) in [5.74, 6) is -0.705. The highest BCUT2D eigenvalue weighted by Crippen LogP contribution is 2.23. The number of rotatable bonds is 3. The first-order chi connectivity index (χ1) is 12.6. The minimum Gasteiger partial charge on any atom is -0.306 e. The number of aromatic nitrogens is 4. The first-order valence-corrected chi connectivity index (χ1v) is 8.26. The van der Waals surface area contributed by atoms with Crippen molar-refractivity contribution in [3.63, 3.8) is 0 Å². The molecule has 6 nitrogen and oxygen atoms in total. The largest absolute Gasteiger partial charge is 0.306 e. The van der Waals surface area contributed by atoms with Gasteiger partial charge in [0.1, 0.15) is 12.1 Å². The molecule has 0 unspecified atom stereocenters. The number of carbonyl (C=O) groups excluding carboxylic acids is 1. The number of carbonyl (C=O) groups is 1. The fourth-order valence-electron chi connectivity index (χ4n) is 3.08. The molecule has 0 radical (unpaired) electrons. The van der Waals surface area contributed by atoms with E-state index in [1.165, 1.54) is 11.0 Å². The number of para-hydroxylation sites is 1. The Morgan fingerprint density at radius 3 is 2.81 bits per heavy atom. The second-order valence-electron chi connectivity index (χ2n) is 5.93. The molecule has 1 amide bonds. The van der Waals surface area contributed by atoms with Gasteiger partial charge >= 0.3 is 0 Å². The van der Waals surface area contributed by atoms with Crippen LogP contribution in [-0.4, -0.2) is 32.0 Å². The maximum atomic E-state index is 14.1. The van der Waals surface area contributed by atoms with E-state index < -0.39 is 5.82 Å². The van der Waals surface area contributed by atoms with Crippen LogP contribution < -0.4 is 4.90 Å². The van der Waals surface area contributed by atoms with Crippen LogP contribution in [0.15, 0.2) is 48.8 Å². The van der Waals surface area contributed by atoms with E-state index in [2.05, 4.69) is 15.2 Å². The van der Waals surface area contributed by atoms with Crippen molar-refractivity contribution in [2.75, 3.05) is 11.4 Å². The van der Waals surface area contributed by atoms with Crippen molar-refractivity contribution in [3.8, 4) is 0 Å². The normalized spacial score (nSPS) is 11.2. The van der Waals surface area contributed by atoms with Crippen molar-refractivity contribution < 1.29 is 9.18 Å². The SMILES string of the molecule is CCN(C(=O)c1ccc2nc(C)c3nncn3c2c1)c1ccccc1F. The quantitative estimate of drug-likeness (QED) is 0.569. The zero-order chi connectivity index (χ0) is 18.3. The molecular formula is C19H16FN5O. The molecule has 0 saturated heterocycles. The summed E-state index contributed by atoms with van der Waals surface area (Å²) in [6, 6.07) is 11.5. The standard InChI is InChI=1S/C19H16FN5O/c1-3-24(16-7-5-4-6-14(16)20)19(26)13-8-9-15-17(10-13)25-11-21-23-18(25)12(2)22-15/h4-11H,3H2,1-2H3. The van der Waals surface area contributed by atoms with Crippen molar-refractivity contribution >= 4 is 28.3 Å². The molecule has 26 heavy (non-hydrogen) atoms. The predicted molar refractivity (Wildman–Crippen MR) is 96.8 cm³/mol. The number of aryl methyl sites for hydroxylation is 1. The third kappa shape index (κ3) is 2.48. The summed E-state index contributed by atoms with van der Waals surface area (Å²) in [7, 11) is 0. The van der Waals surface area contributed by atoms with Crippen LogP contribution in [0.4, 0.5) is 10.1 Å². The average molecular weight is 349 g/mol. The Kier molecular flexibility index (Phi) is 3.84. The van der Waals surface area contributed by atoms with E-state index in [1.54, 1.807) is 47.1 Å². The van der Waals surface area contributed by atoms with Gasteiger partial charge in [-0.3, -0.25) is 9.20 Å². The van der Waals surface area contributed by atoms with Gasteiger partial charge in [0, 0.05) is 12.1 Å². The minimum absolute atomic E-state index is 0.261. The molecule has 4 rings (SSSR count). The van der Waals surface area contributed by atoms with Crippen molar-refractivity contribution in [2.45, 2.75) is 13.8 Å². The summed E-state index contributed by atoms with van der Waals surface area (Å²) in [6.45, 7) is 4.03. The lowest BCUT2D eigenvalue weighted by Gasteiger charge is -2.21. The zero-order valence-electron chi connectivity index (χ0n) is 14.3. The number of hydrogen-bond donors (Lipinski definition) is 0. The summed E-state index contributed by atoms with van der Waals surface area (Å²) < 4.78 is 15.9. The number of hydrogen-bond acceptors (Lipinski definition) is 4. The van der Waals surface area contributed by atoms with Crippen LogP contribution in [0.1, 0.15) is 23.0 Å². The molecule has 4 aromatic rings. The molecule has 130 valence electrons. The van der Waals surface area contributed by atoms with Gasteiger partial charge in [0.2, 0.25) is 0 Å². The second-order valence-corrected chi connectivity index (χ2v) is 5.93. The lowest BCUT2D eigenvalue weighted by molar-refractivity contribution is 0.0987. The van der Waals surface area contributed by atoms with E-state index in [0.29, 0.717) is 17.8 Å². The summed E-state index contributed by atoms with van der Waals surface area (Å²) in [5, 5.41) is 7.98. The number of fused-ring (bicyclic) bond motifs is 3. The molecule has 0 atom stereocenters. The van der Waals surface area contributed by atoms with Gasteiger partial charge in [0.05, 0.1) is 22.4 Å². The summed E-state index contributed by atoms with van der Waals surface area (Å²) in [6.07, 6.45) is 1.59. The third-order valence-corrected chi connectivity index (χ3v) is 4.35. The Morgan fingerprint density at radius 1 is 1.23 bits per heavy atom. The minimum atomic E-state index is -0.429. The van der Waals surface area contributed by atoms with Crippen LogP contribution in [0.5, 0.6) is 0 Å². The number of anilines is 1. The molecule has 2 heterocycles. The van der Waals surface area contributed by atoms with Gasteiger partial charge in [0.25, 0.3) is 5.91 Å². The third-order valence-electron chi connectivity index (χ3n) is 4.35. The smallest absolute Gasteiger partial charge is 0.258 e. The Balaban J connectivity index is 1.84. The molecule has 0 N–H and O–H groups in total. The predicted octanol–water partition coefficient (Wildman–Crippen LogP) is 3.39. The van der Waals surface area contributed by atoms with Crippen LogP contribution >= 0.6 is 0 Å². The van der Waals surface area contributed by atoms with Gasteiger partial charge in [-0.15, -0.1) is 10.2 Å². The highest BCUT2D eigenvalue weighted by Gasteiger charge is 2.20.